The van der Waals surface area contributed by atoms with Gasteiger partial charge in [0.2, 0.25) is 0 Å². The summed E-state index contributed by atoms with van der Waals surface area (Å²) in [7, 11) is 1.59. The second kappa shape index (κ2) is 9.47. The quantitative estimate of drug-likeness (QED) is 0.750. The number of hydrogen-bond donors (Lipinski definition) is 1. The summed E-state index contributed by atoms with van der Waals surface area (Å²) >= 11 is 0. The predicted molar refractivity (Wildman–Crippen MR) is 95.3 cm³/mol. The van der Waals surface area contributed by atoms with Gasteiger partial charge in [0.05, 0.1) is 13.2 Å². The van der Waals surface area contributed by atoms with Gasteiger partial charge in [-0.25, -0.2) is 0 Å². The molecule has 0 heterocycles. The Morgan fingerprint density at radius 1 is 1.04 bits per heavy atom. The number of carbonyl (C=O) groups is 2. The molecule has 1 atom stereocenters. The van der Waals surface area contributed by atoms with Gasteiger partial charge in [-0.2, -0.15) is 0 Å². The summed E-state index contributed by atoms with van der Waals surface area (Å²) in [5, 5.41) is 2.81. The number of hydrogen-bond acceptors (Lipinski definition) is 4. The number of nitrogens with one attached hydrogen (secondary N) is 1. The molecule has 0 saturated heterocycles. The number of aryl methyl sites for hydroxylation is 1. The Morgan fingerprint density at radius 3 is 2.44 bits per heavy atom. The Hall–Kier alpha value is -2.82. The highest BCUT2D eigenvalue weighted by atomic mass is 16.5. The highest BCUT2D eigenvalue weighted by Crippen LogP contribution is 2.19. The number of amides is 1. The maximum atomic E-state index is 11.9. The molecule has 0 fully saturated rings. The van der Waals surface area contributed by atoms with Crippen molar-refractivity contribution < 1.29 is 19.1 Å². The molecular weight excluding hydrogens is 318 g/mol. The summed E-state index contributed by atoms with van der Waals surface area (Å²) in [6, 6.07) is 17.0. The molecule has 1 N–H and O–H groups in total. The summed E-state index contributed by atoms with van der Waals surface area (Å²) in [6.07, 6.45) is 0.701. The van der Waals surface area contributed by atoms with Crippen molar-refractivity contribution in [3.63, 3.8) is 0 Å². The second-order valence-corrected chi connectivity index (χ2v) is 5.67. The van der Waals surface area contributed by atoms with Gasteiger partial charge in [0.15, 0.2) is 6.61 Å². The lowest BCUT2D eigenvalue weighted by Gasteiger charge is -2.14. The molecule has 1 amide bonds. The molecular formula is C20H23NO4. The first-order chi connectivity index (χ1) is 12.1. The highest BCUT2D eigenvalue weighted by Gasteiger charge is 2.12. The van der Waals surface area contributed by atoms with Gasteiger partial charge in [0.25, 0.3) is 5.91 Å². The van der Waals surface area contributed by atoms with Crippen LogP contribution in [0.25, 0.3) is 0 Å². The zero-order chi connectivity index (χ0) is 18.1. The van der Waals surface area contributed by atoms with Crippen LogP contribution in [-0.2, 0) is 20.7 Å². The van der Waals surface area contributed by atoms with E-state index in [0.717, 1.165) is 16.9 Å². The number of benzene rings is 2. The van der Waals surface area contributed by atoms with Gasteiger partial charge >= 0.3 is 5.97 Å². The maximum Gasteiger partial charge on any atom is 0.306 e. The van der Waals surface area contributed by atoms with E-state index < -0.39 is 5.97 Å². The minimum atomic E-state index is -0.409. The fraction of sp³-hybridized carbons (Fsp3) is 0.300. The van der Waals surface area contributed by atoms with Crippen LogP contribution in [-0.4, -0.2) is 25.6 Å². The van der Waals surface area contributed by atoms with E-state index in [1.54, 1.807) is 7.11 Å². The summed E-state index contributed by atoms with van der Waals surface area (Å²) in [5.74, 6) is 0.0140. The van der Waals surface area contributed by atoms with Gasteiger partial charge in [-0.05, 0) is 30.5 Å². The minimum absolute atomic E-state index is 0.138. The van der Waals surface area contributed by atoms with Gasteiger partial charge in [-0.1, -0.05) is 48.5 Å². The molecule has 25 heavy (non-hydrogen) atoms. The van der Waals surface area contributed by atoms with Gasteiger partial charge in [0.1, 0.15) is 5.75 Å². The number of carbonyl (C=O) groups excluding carboxylic acids is 2. The molecule has 0 unspecified atom stereocenters. The largest absolute Gasteiger partial charge is 0.496 e. The SMILES string of the molecule is COc1ccccc1CCC(=O)OCC(=O)N[C@H](C)c1ccccc1. The van der Waals surface area contributed by atoms with E-state index in [9.17, 15) is 9.59 Å². The van der Waals surface area contributed by atoms with Crippen LogP contribution >= 0.6 is 0 Å². The molecule has 0 spiro atoms. The summed E-state index contributed by atoms with van der Waals surface area (Å²) in [6.45, 7) is 1.61. The number of rotatable bonds is 8. The monoisotopic (exact) mass is 341 g/mol. The van der Waals surface area contributed by atoms with E-state index in [0.29, 0.717) is 6.42 Å². The molecule has 132 valence electrons. The smallest absolute Gasteiger partial charge is 0.306 e. The van der Waals surface area contributed by atoms with Crippen LogP contribution < -0.4 is 10.1 Å². The topological polar surface area (TPSA) is 64.6 Å². The average Bonchev–Trinajstić information content (AvgIpc) is 2.65. The van der Waals surface area contributed by atoms with Gasteiger partial charge in [0, 0.05) is 6.42 Å². The molecule has 0 radical (unpaired) electrons. The van der Waals surface area contributed by atoms with Crippen molar-refractivity contribution in [2.45, 2.75) is 25.8 Å². The first-order valence-electron chi connectivity index (χ1n) is 8.22. The highest BCUT2D eigenvalue weighted by molar-refractivity contribution is 5.80. The molecule has 5 nitrogen and oxygen atoms in total. The van der Waals surface area contributed by atoms with Crippen molar-refractivity contribution in [2.75, 3.05) is 13.7 Å². The first kappa shape index (κ1) is 18.5. The average molecular weight is 341 g/mol. The van der Waals surface area contributed by atoms with E-state index >= 15 is 0 Å². The number of ether oxygens (including phenoxy) is 2. The Balaban J connectivity index is 1.73. The molecule has 0 aromatic heterocycles. The van der Waals surface area contributed by atoms with E-state index in [1.807, 2.05) is 61.5 Å². The Labute approximate surface area is 148 Å². The number of esters is 1. The lowest BCUT2D eigenvalue weighted by molar-refractivity contribution is -0.148. The lowest BCUT2D eigenvalue weighted by Crippen LogP contribution is -2.31. The maximum absolute atomic E-state index is 11.9. The molecule has 2 aromatic carbocycles. The molecule has 0 saturated carbocycles. The van der Waals surface area contributed by atoms with Crippen LogP contribution in [0.2, 0.25) is 0 Å². The van der Waals surface area contributed by atoms with E-state index in [1.165, 1.54) is 0 Å². The normalized spacial score (nSPS) is 11.4. The Bertz CT molecular complexity index is 700. The van der Waals surface area contributed by atoms with Crippen molar-refractivity contribution in [2.24, 2.45) is 0 Å². The first-order valence-corrected chi connectivity index (χ1v) is 8.22. The van der Waals surface area contributed by atoms with E-state index in [2.05, 4.69) is 5.32 Å². The molecule has 0 bridgehead atoms. The van der Waals surface area contributed by atoms with Crippen molar-refractivity contribution in [3.05, 3.63) is 65.7 Å². The Morgan fingerprint density at radius 2 is 1.72 bits per heavy atom. The van der Waals surface area contributed by atoms with Crippen LogP contribution in [0.3, 0.4) is 0 Å². The Kier molecular flexibility index (Phi) is 7.01. The molecule has 0 aliphatic rings. The van der Waals surface area contributed by atoms with E-state index in [-0.39, 0.29) is 25.0 Å². The summed E-state index contributed by atoms with van der Waals surface area (Å²) < 4.78 is 10.3. The van der Waals surface area contributed by atoms with Gasteiger partial charge in [-0.15, -0.1) is 0 Å². The van der Waals surface area contributed by atoms with Crippen LogP contribution in [0, 0.1) is 0 Å². The molecule has 0 aliphatic heterocycles. The second-order valence-electron chi connectivity index (χ2n) is 5.67. The third-order valence-electron chi connectivity index (χ3n) is 3.83. The zero-order valence-electron chi connectivity index (χ0n) is 14.5. The molecule has 2 aromatic rings. The van der Waals surface area contributed by atoms with E-state index in [4.69, 9.17) is 9.47 Å². The van der Waals surface area contributed by atoms with Crippen LogP contribution in [0.4, 0.5) is 0 Å². The summed E-state index contributed by atoms with van der Waals surface area (Å²) in [4.78, 5) is 23.7. The predicted octanol–water partition coefficient (Wildman–Crippen LogP) is 3.05. The van der Waals surface area contributed by atoms with Crippen LogP contribution in [0.5, 0.6) is 5.75 Å². The third kappa shape index (κ3) is 5.95. The van der Waals surface area contributed by atoms with Crippen LogP contribution in [0.1, 0.15) is 30.5 Å². The lowest BCUT2D eigenvalue weighted by atomic mass is 10.1. The fourth-order valence-electron chi connectivity index (χ4n) is 2.47. The molecule has 0 aliphatic carbocycles. The van der Waals surface area contributed by atoms with Crippen molar-refractivity contribution in [3.8, 4) is 5.75 Å². The standard InChI is InChI=1S/C20H23NO4/c1-15(16-8-4-3-5-9-16)21-19(22)14-25-20(23)13-12-17-10-6-7-11-18(17)24-2/h3-11,15H,12-14H2,1-2H3,(H,21,22)/t15-/m1/s1. The number of methoxy groups -OCH3 is 1. The van der Waals surface area contributed by atoms with Crippen molar-refractivity contribution >= 4 is 11.9 Å². The zero-order valence-corrected chi connectivity index (χ0v) is 14.5. The molecule has 2 rings (SSSR count). The third-order valence-corrected chi connectivity index (χ3v) is 3.83. The molecule has 5 heteroatoms. The fourth-order valence-corrected chi connectivity index (χ4v) is 2.47. The van der Waals surface area contributed by atoms with Gasteiger partial charge in [-0.3, -0.25) is 9.59 Å². The summed E-state index contributed by atoms with van der Waals surface area (Å²) in [5.41, 5.74) is 1.93. The van der Waals surface area contributed by atoms with Crippen LogP contribution in [0.15, 0.2) is 54.6 Å². The minimum Gasteiger partial charge on any atom is -0.496 e. The van der Waals surface area contributed by atoms with Gasteiger partial charge < -0.3 is 14.8 Å². The van der Waals surface area contributed by atoms with Crippen molar-refractivity contribution in [1.29, 1.82) is 0 Å². The number of para-hydroxylation sites is 1. The van der Waals surface area contributed by atoms with Crippen molar-refractivity contribution in [1.82, 2.24) is 5.32 Å².